The molecule has 0 fully saturated rings. The van der Waals surface area contributed by atoms with Crippen molar-refractivity contribution in [2.75, 3.05) is 13.6 Å². The third-order valence-electron chi connectivity index (χ3n) is 0.679. The second-order valence-corrected chi connectivity index (χ2v) is 1.18. The van der Waals surface area contributed by atoms with Gasteiger partial charge in [-0.3, -0.25) is 4.79 Å². The molecule has 0 aliphatic carbocycles. The Morgan fingerprint density at radius 2 is 2.14 bits per heavy atom. The maximum atomic E-state index is 9.66. The Morgan fingerprint density at radius 3 is 2.14 bits per heavy atom. The molecular weight excluding hydrogens is 118 g/mol. The van der Waals surface area contributed by atoms with Crippen LogP contribution in [0.25, 0.3) is 0 Å². The van der Waals surface area contributed by atoms with Crippen molar-refractivity contribution in [3.05, 3.63) is 0 Å². The first-order valence-corrected chi connectivity index (χ1v) is 1.96. The van der Waals surface area contributed by atoms with E-state index in [1.165, 1.54) is 0 Å². The van der Waals surface area contributed by atoms with Crippen LogP contribution in [0.15, 0.2) is 0 Å². The molecule has 0 heterocycles. The summed E-state index contributed by atoms with van der Waals surface area (Å²) in [5, 5.41) is 0. The van der Waals surface area contributed by atoms with Crippen LogP contribution in [-0.4, -0.2) is 24.9 Å². The fourth-order valence-electron chi connectivity index (χ4n) is 0.0745. The van der Waals surface area contributed by atoms with E-state index in [1.54, 1.807) is 11.9 Å². The van der Waals surface area contributed by atoms with Gasteiger partial charge in [0.2, 0.25) is 6.41 Å². The fraction of sp³-hybridized carbons (Fsp3) is 0.750. The van der Waals surface area contributed by atoms with Gasteiger partial charge in [-0.05, 0) is 6.92 Å². The normalized spacial score (nSPS) is 6.57. The minimum absolute atomic E-state index is 0. The second kappa shape index (κ2) is 6.73. The van der Waals surface area contributed by atoms with Crippen LogP contribution in [0.4, 0.5) is 0 Å². The van der Waals surface area contributed by atoms with Crippen LogP contribution in [0.5, 0.6) is 0 Å². The van der Waals surface area contributed by atoms with Gasteiger partial charge in [0.1, 0.15) is 0 Å². The molecule has 0 unspecified atom stereocenters. The van der Waals surface area contributed by atoms with Gasteiger partial charge in [0, 0.05) is 51.3 Å². The van der Waals surface area contributed by atoms with Crippen molar-refractivity contribution in [1.29, 1.82) is 0 Å². The van der Waals surface area contributed by atoms with Crippen molar-refractivity contribution in [3.8, 4) is 0 Å². The van der Waals surface area contributed by atoms with Crippen LogP contribution < -0.4 is 0 Å². The van der Waals surface area contributed by atoms with E-state index >= 15 is 0 Å². The van der Waals surface area contributed by atoms with Crippen molar-refractivity contribution in [2.45, 2.75) is 6.92 Å². The first kappa shape index (κ1) is 10.7. The van der Waals surface area contributed by atoms with E-state index in [9.17, 15) is 4.79 Å². The molecule has 0 saturated carbocycles. The SMILES string of the molecule is CCN(C)C=O.[Ar]. The zero-order chi connectivity index (χ0) is 4.99. The van der Waals surface area contributed by atoms with E-state index < -0.39 is 0 Å². The average molecular weight is 127 g/mol. The number of hydrogen-bond acceptors (Lipinski definition) is 1. The molecule has 2 nitrogen and oxygen atoms in total. The predicted molar refractivity (Wildman–Crippen MR) is 24.4 cm³/mol. The van der Waals surface area contributed by atoms with Crippen molar-refractivity contribution in [3.63, 3.8) is 0 Å². The molecule has 3 heteroatoms. The Labute approximate surface area is 73.9 Å². The van der Waals surface area contributed by atoms with Gasteiger partial charge < -0.3 is 4.90 Å². The molecule has 0 spiro atoms. The molecule has 0 bridgehead atoms. The van der Waals surface area contributed by atoms with Crippen LogP contribution in [-0.2, 0) is 4.79 Å². The van der Waals surface area contributed by atoms with Crippen molar-refractivity contribution < 1.29 is 42.5 Å². The largest absolute Gasteiger partial charge is 0.349 e. The summed E-state index contributed by atoms with van der Waals surface area (Å²) in [6.07, 6.45) is 0.806. The third kappa shape index (κ3) is 6.73. The molecular formula is C4H9ArNO. The summed E-state index contributed by atoms with van der Waals surface area (Å²) < 4.78 is 0. The number of carbonyl (C=O) groups excluding carboxylic acids is 1. The molecule has 0 rings (SSSR count). The topological polar surface area (TPSA) is 20.3 Å². The minimum Gasteiger partial charge on any atom is -0.349 e. The van der Waals surface area contributed by atoms with Gasteiger partial charge in [-0.15, -0.1) is 0 Å². The van der Waals surface area contributed by atoms with Gasteiger partial charge in [-0.1, -0.05) is 0 Å². The monoisotopic (exact) mass is 127 g/mol. The molecule has 7 heavy (non-hydrogen) atoms. The Balaban J connectivity index is 0. The molecule has 1 amide bonds. The standard InChI is InChI=1S/C4H9NO.Ar/c1-3-5(2)4-6;/h4H,3H2,1-2H3;. The van der Waals surface area contributed by atoms with Crippen molar-refractivity contribution >= 4 is 6.41 Å². The first-order valence-electron chi connectivity index (χ1n) is 1.96. The summed E-state index contributed by atoms with van der Waals surface area (Å²) >= 11 is 0. The smallest absolute Gasteiger partial charge is 0.209 e. The maximum absolute atomic E-state index is 9.66. The van der Waals surface area contributed by atoms with E-state index in [4.69, 9.17) is 0 Å². The van der Waals surface area contributed by atoms with Crippen LogP contribution in [0, 0.1) is 37.7 Å². The van der Waals surface area contributed by atoms with Gasteiger partial charge in [-0.25, -0.2) is 0 Å². The van der Waals surface area contributed by atoms with Crippen LogP contribution in [0.1, 0.15) is 6.92 Å². The van der Waals surface area contributed by atoms with Gasteiger partial charge in [0.25, 0.3) is 0 Å². The summed E-state index contributed by atoms with van der Waals surface area (Å²) in [6.45, 7) is 2.72. The van der Waals surface area contributed by atoms with E-state index in [0.29, 0.717) is 0 Å². The summed E-state index contributed by atoms with van der Waals surface area (Å²) in [5.74, 6) is 0. The molecule has 0 atom stereocenters. The van der Waals surface area contributed by atoms with E-state index in [-0.39, 0.29) is 37.7 Å². The average Bonchev–Trinajstić information content (AvgIpc) is 1.65. The van der Waals surface area contributed by atoms with Crippen molar-refractivity contribution in [2.24, 2.45) is 0 Å². The fourth-order valence-corrected chi connectivity index (χ4v) is 0.0745. The minimum atomic E-state index is 0. The van der Waals surface area contributed by atoms with Gasteiger partial charge in [-0.2, -0.15) is 0 Å². The van der Waals surface area contributed by atoms with Crippen LogP contribution >= 0.6 is 0 Å². The summed E-state index contributed by atoms with van der Waals surface area (Å²) in [5.41, 5.74) is 0. The summed E-state index contributed by atoms with van der Waals surface area (Å²) in [4.78, 5) is 11.2. The van der Waals surface area contributed by atoms with Gasteiger partial charge in [0.15, 0.2) is 0 Å². The number of carbonyl (C=O) groups is 1. The molecule has 0 aromatic heterocycles. The first-order chi connectivity index (χ1) is 2.81. The van der Waals surface area contributed by atoms with E-state index in [0.717, 1.165) is 13.0 Å². The van der Waals surface area contributed by atoms with E-state index in [2.05, 4.69) is 0 Å². The van der Waals surface area contributed by atoms with Gasteiger partial charge in [0.05, 0.1) is 0 Å². The molecule has 0 aliphatic rings. The molecule has 0 aromatic carbocycles. The molecule has 0 aliphatic heterocycles. The Hall–Kier alpha value is 0.730. The van der Waals surface area contributed by atoms with Crippen LogP contribution in [0.3, 0.4) is 0 Å². The number of hydrogen-bond donors (Lipinski definition) is 0. The summed E-state index contributed by atoms with van der Waals surface area (Å²) in [7, 11) is 1.74. The summed E-state index contributed by atoms with van der Waals surface area (Å²) in [6, 6.07) is 0. The zero-order valence-electron chi connectivity index (χ0n) is 4.49. The zero-order valence-corrected chi connectivity index (χ0v) is 5.20. The second-order valence-electron chi connectivity index (χ2n) is 1.18. The number of amides is 1. The van der Waals surface area contributed by atoms with Crippen LogP contribution in [0.2, 0.25) is 0 Å². The van der Waals surface area contributed by atoms with E-state index in [1.807, 2.05) is 6.92 Å². The molecule has 0 aromatic rings. The molecule has 44 valence electrons. The molecule has 0 radical (unpaired) electrons. The number of nitrogens with zero attached hydrogens (tertiary/aromatic N) is 1. The predicted octanol–water partition coefficient (Wildman–Crippen LogP) is 0.0945. The van der Waals surface area contributed by atoms with Gasteiger partial charge >= 0.3 is 0 Å². The quantitative estimate of drug-likeness (QED) is 0.481. The Kier molecular flexibility index (Phi) is 10.3. The third-order valence-corrected chi connectivity index (χ3v) is 0.679. The molecule has 0 N–H and O–H groups in total. The number of rotatable bonds is 2. The molecule has 0 saturated heterocycles. The maximum Gasteiger partial charge on any atom is 0.209 e. The Morgan fingerprint density at radius 1 is 1.71 bits per heavy atom. The van der Waals surface area contributed by atoms with Crippen molar-refractivity contribution in [1.82, 2.24) is 4.90 Å². The Bertz CT molecular complexity index is 49.0.